The van der Waals surface area contributed by atoms with Gasteiger partial charge >= 0.3 is 0 Å². The molecule has 3 heteroatoms. The summed E-state index contributed by atoms with van der Waals surface area (Å²) in [5, 5.41) is 2.78. The van der Waals surface area contributed by atoms with Crippen molar-refractivity contribution in [3.05, 3.63) is 35.4 Å². The van der Waals surface area contributed by atoms with Crippen molar-refractivity contribution in [2.75, 3.05) is 6.54 Å². The van der Waals surface area contributed by atoms with Crippen LogP contribution in [0.4, 0.5) is 8.78 Å². The molecule has 1 nitrogen and oxygen atoms in total. The van der Waals surface area contributed by atoms with Gasteiger partial charge in [-0.15, -0.1) is 0 Å². The zero-order valence-electron chi connectivity index (χ0n) is 8.43. The topological polar surface area (TPSA) is 12.0 Å². The predicted molar refractivity (Wildman–Crippen MR) is 53.6 cm³/mol. The summed E-state index contributed by atoms with van der Waals surface area (Å²) in [5.41, 5.74) is 2.19. The van der Waals surface area contributed by atoms with Crippen LogP contribution in [0.3, 0.4) is 0 Å². The minimum absolute atomic E-state index is 0.0242. The molecule has 0 saturated heterocycles. The highest BCUT2D eigenvalue weighted by molar-refractivity contribution is 5.24. The molecule has 0 aliphatic heterocycles. The fraction of sp³-hybridized carbons (Fsp3) is 0.455. The minimum atomic E-state index is -2.29. The number of alkyl halides is 2. The molecule has 1 aromatic rings. The first kappa shape index (κ1) is 11.1. The van der Waals surface area contributed by atoms with Crippen LogP contribution in [0.5, 0.6) is 0 Å². The van der Waals surface area contributed by atoms with E-state index < -0.39 is 6.43 Å². The van der Waals surface area contributed by atoms with E-state index in [1.807, 2.05) is 38.1 Å². The van der Waals surface area contributed by atoms with Gasteiger partial charge in [0.05, 0.1) is 6.54 Å². The van der Waals surface area contributed by atoms with Crippen molar-refractivity contribution in [1.29, 1.82) is 0 Å². The van der Waals surface area contributed by atoms with Gasteiger partial charge in [0.1, 0.15) is 0 Å². The molecule has 0 fully saturated rings. The Kier molecular flexibility index (Phi) is 4.01. The van der Waals surface area contributed by atoms with Gasteiger partial charge in [-0.05, 0) is 19.4 Å². The van der Waals surface area contributed by atoms with Crippen molar-refractivity contribution in [3.8, 4) is 0 Å². The molecule has 0 amide bonds. The van der Waals surface area contributed by atoms with Gasteiger partial charge in [0.15, 0.2) is 0 Å². The van der Waals surface area contributed by atoms with Gasteiger partial charge in [-0.2, -0.15) is 0 Å². The van der Waals surface area contributed by atoms with Crippen LogP contribution < -0.4 is 5.32 Å². The van der Waals surface area contributed by atoms with Crippen LogP contribution in [0.15, 0.2) is 24.3 Å². The lowest BCUT2D eigenvalue weighted by atomic mass is 10.1. The summed E-state index contributed by atoms with van der Waals surface area (Å²) < 4.78 is 23.9. The molecule has 78 valence electrons. The Bertz CT molecular complexity index is 286. The van der Waals surface area contributed by atoms with Gasteiger partial charge in [0, 0.05) is 6.04 Å². The first-order valence-corrected chi connectivity index (χ1v) is 4.67. The van der Waals surface area contributed by atoms with Crippen LogP contribution in [-0.4, -0.2) is 13.0 Å². The molecule has 0 spiro atoms. The van der Waals surface area contributed by atoms with Crippen molar-refractivity contribution >= 4 is 0 Å². The summed E-state index contributed by atoms with van der Waals surface area (Å²) in [4.78, 5) is 0. The molecule has 0 bridgehead atoms. The molecule has 1 aromatic carbocycles. The zero-order chi connectivity index (χ0) is 10.6. The summed E-state index contributed by atoms with van der Waals surface area (Å²) in [6, 6.07) is 7.84. The van der Waals surface area contributed by atoms with Gasteiger partial charge in [-0.25, -0.2) is 8.78 Å². The summed E-state index contributed by atoms with van der Waals surface area (Å²) in [7, 11) is 0. The van der Waals surface area contributed by atoms with Gasteiger partial charge in [0.2, 0.25) is 0 Å². The van der Waals surface area contributed by atoms with Crippen LogP contribution in [0, 0.1) is 6.92 Å². The fourth-order valence-corrected chi connectivity index (χ4v) is 1.32. The normalized spacial score (nSPS) is 13.2. The lowest BCUT2D eigenvalue weighted by molar-refractivity contribution is 0.142. The summed E-state index contributed by atoms with van der Waals surface area (Å²) >= 11 is 0. The number of rotatable bonds is 4. The Balaban J connectivity index is 2.56. The van der Waals surface area contributed by atoms with Crippen LogP contribution in [-0.2, 0) is 0 Å². The molecule has 0 saturated carbocycles. The molecule has 0 aliphatic rings. The number of halogens is 2. The molecular weight excluding hydrogens is 184 g/mol. The van der Waals surface area contributed by atoms with E-state index in [-0.39, 0.29) is 12.6 Å². The van der Waals surface area contributed by atoms with Crippen molar-refractivity contribution in [1.82, 2.24) is 5.32 Å². The summed E-state index contributed by atoms with van der Waals surface area (Å²) in [5.74, 6) is 0. The number of hydrogen-bond donors (Lipinski definition) is 1. The fourth-order valence-electron chi connectivity index (χ4n) is 1.32. The average Bonchev–Trinajstić information content (AvgIpc) is 2.14. The summed E-state index contributed by atoms with van der Waals surface area (Å²) in [6.07, 6.45) is -2.29. The predicted octanol–water partition coefficient (Wildman–Crippen LogP) is 2.91. The largest absolute Gasteiger partial charge is 0.305 e. The van der Waals surface area contributed by atoms with Crippen LogP contribution in [0.2, 0.25) is 0 Å². The van der Waals surface area contributed by atoms with Crippen molar-refractivity contribution in [3.63, 3.8) is 0 Å². The number of aryl methyl sites for hydroxylation is 1. The minimum Gasteiger partial charge on any atom is -0.305 e. The number of nitrogens with one attached hydrogen (secondary N) is 1. The van der Waals surface area contributed by atoms with Gasteiger partial charge < -0.3 is 5.32 Å². The highest BCUT2D eigenvalue weighted by Crippen LogP contribution is 2.13. The monoisotopic (exact) mass is 199 g/mol. The van der Waals surface area contributed by atoms with Gasteiger partial charge in [0.25, 0.3) is 6.43 Å². The van der Waals surface area contributed by atoms with Crippen LogP contribution in [0.1, 0.15) is 24.1 Å². The van der Waals surface area contributed by atoms with E-state index in [1.54, 1.807) is 0 Å². The molecule has 0 aliphatic carbocycles. The van der Waals surface area contributed by atoms with E-state index in [1.165, 1.54) is 0 Å². The van der Waals surface area contributed by atoms with E-state index >= 15 is 0 Å². The zero-order valence-corrected chi connectivity index (χ0v) is 8.43. The Hall–Kier alpha value is -0.960. The van der Waals surface area contributed by atoms with Crippen LogP contribution >= 0.6 is 0 Å². The molecule has 14 heavy (non-hydrogen) atoms. The first-order chi connectivity index (χ1) is 6.59. The highest BCUT2D eigenvalue weighted by Gasteiger charge is 2.07. The van der Waals surface area contributed by atoms with E-state index in [0.717, 1.165) is 11.1 Å². The Labute approximate surface area is 83.1 Å². The van der Waals surface area contributed by atoms with E-state index in [2.05, 4.69) is 5.32 Å². The lowest BCUT2D eigenvalue weighted by Crippen LogP contribution is -2.24. The molecule has 1 rings (SSSR count). The molecule has 1 atom stereocenters. The third-order valence-corrected chi connectivity index (χ3v) is 2.12. The summed E-state index contributed by atoms with van der Waals surface area (Å²) in [6.45, 7) is 3.62. The van der Waals surface area contributed by atoms with Gasteiger partial charge in [-0.1, -0.05) is 29.8 Å². The molecule has 1 N–H and O–H groups in total. The lowest BCUT2D eigenvalue weighted by Gasteiger charge is -2.14. The van der Waals surface area contributed by atoms with Crippen molar-refractivity contribution < 1.29 is 8.78 Å². The molecule has 1 unspecified atom stereocenters. The standard InChI is InChI=1S/C11H15F2N/c1-8-4-3-5-10(6-8)9(2)14-7-11(12)13/h3-6,9,11,14H,7H2,1-2H3. The first-order valence-electron chi connectivity index (χ1n) is 4.67. The molecule has 0 aromatic heterocycles. The third-order valence-electron chi connectivity index (χ3n) is 2.12. The molecular formula is C11H15F2N. The maximum Gasteiger partial charge on any atom is 0.250 e. The van der Waals surface area contributed by atoms with E-state index in [4.69, 9.17) is 0 Å². The Morgan fingerprint density at radius 1 is 1.36 bits per heavy atom. The average molecular weight is 199 g/mol. The second kappa shape index (κ2) is 5.05. The maximum atomic E-state index is 11.9. The number of benzene rings is 1. The van der Waals surface area contributed by atoms with Crippen LogP contribution in [0.25, 0.3) is 0 Å². The second-order valence-electron chi connectivity index (χ2n) is 3.44. The third kappa shape index (κ3) is 3.42. The second-order valence-corrected chi connectivity index (χ2v) is 3.44. The highest BCUT2D eigenvalue weighted by atomic mass is 19.3. The number of hydrogen-bond acceptors (Lipinski definition) is 1. The van der Waals surface area contributed by atoms with Crippen molar-refractivity contribution in [2.45, 2.75) is 26.3 Å². The quantitative estimate of drug-likeness (QED) is 0.786. The SMILES string of the molecule is Cc1cccc(C(C)NCC(F)F)c1. The molecule has 0 heterocycles. The van der Waals surface area contributed by atoms with Gasteiger partial charge in [-0.3, -0.25) is 0 Å². The molecule has 0 radical (unpaired) electrons. The van der Waals surface area contributed by atoms with E-state index in [9.17, 15) is 8.78 Å². The maximum absolute atomic E-state index is 11.9. The smallest absolute Gasteiger partial charge is 0.250 e. The Morgan fingerprint density at radius 2 is 2.07 bits per heavy atom. The van der Waals surface area contributed by atoms with Crippen molar-refractivity contribution in [2.24, 2.45) is 0 Å². The Morgan fingerprint density at radius 3 is 2.64 bits per heavy atom. The van der Waals surface area contributed by atoms with E-state index in [0.29, 0.717) is 0 Å².